The maximum atomic E-state index is 13.4. The number of aliphatic hydroxyl groups is 1. The maximum absolute atomic E-state index is 13.4. The first-order chi connectivity index (χ1) is 19.1. The summed E-state index contributed by atoms with van der Waals surface area (Å²) >= 11 is 0. The largest absolute Gasteiger partial charge is 0.506 e. The summed E-state index contributed by atoms with van der Waals surface area (Å²) in [6.07, 6.45) is 8.38. The van der Waals surface area contributed by atoms with Gasteiger partial charge in [0.25, 0.3) is 0 Å². The average Bonchev–Trinajstić information content (AvgIpc) is 3.16. The zero-order valence-corrected chi connectivity index (χ0v) is 24.7. The fourth-order valence-corrected chi connectivity index (χ4v) is 5.74. The van der Waals surface area contributed by atoms with Gasteiger partial charge in [-0.3, -0.25) is 4.79 Å². The van der Waals surface area contributed by atoms with Crippen molar-refractivity contribution in [1.29, 1.82) is 0 Å². The average molecular weight is 544 g/mol. The van der Waals surface area contributed by atoms with E-state index in [1.807, 2.05) is 30.3 Å². The Morgan fingerprint density at radius 2 is 1.55 bits per heavy atom. The van der Waals surface area contributed by atoms with E-state index in [4.69, 9.17) is 0 Å². The van der Waals surface area contributed by atoms with Crippen molar-refractivity contribution in [3.63, 3.8) is 0 Å². The molecule has 2 aromatic carbocycles. The topological polar surface area (TPSA) is 84.0 Å². The van der Waals surface area contributed by atoms with Gasteiger partial charge in [0.15, 0.2) is 5.71 Å². The molecule has 1 heterocycles. The number of unbranched alkanes of at least 4 members (excludes halogenated alkanes) is 3. The number of nitrogens with zero attached hydrogens (tertiary/aromatic N) is 2. The van der Waals surface area contributed by atoms with Crippen LogP contribution in [0.2, 0.25) is 0 Å². The minimum Gasteiger partial charge on any atom is -0.506 e. The monoisotopic (exact) mass is 543 g/mol. The molecule has 0 amide bonds. The van der Waals surface area contributed by atoms with Crippen LogP contribution in [0.3, 0.4) is 0 Å². The third-order valence-corrected chi connectivity index (χ3v) is 8.28. The number of anilines is 1. The fraction of sp³-hybridized carbons (Fsp3) is 0.455. The van der Waals surface area contributed by atoms with Crippen LogP contribution in [0.5, 0.6) is 0 Å². The Kier molecular flexibility index (Phi) is 9.37. The molecule has 1 aliphatic carbocycles. The summed E-state index contributed by atoms with van der Waals surface area (Å²) in [5.41, 5.74) is 5.42. The highest BCUT2D eigenvalue weighted by atomic mass is 16.4. The van der Waals surface area contributed by atoms with Crippen LogP contribution in [0.25, 0.3) is 5.57 Å². The van der Waals surface area contributed by atoms with Gasteiger partial charge in [0.2, 0.25) is 11.5 Å². The van der Waals surface area contributed by atoms with Crippen LogP contribution in [0, 0.1) is 0 Å². The first kappa shape index (κ1) is 29.8. The number of rotatable bonds is 13. The molecular formula is C33H44BN2O4+. The number of carbonyl (C=O) groups is 1. The lowest BCUT2D eigenvalue weighted by molar-refractivity contribution is -0.438. The molecule has 0 radical (unpaired) electrons. The minimum absolute atomic E-state index is 0.0349. The molecule has 0 unspecified atom stereocenters. The van der Waals surface area contributed by atoms with Crippen LogP contribution in [-0.2, 0) is 10.2 Å². The molecule has 1 aliphatic heterocycles. The van der Waals surface area contributed by atoms with Gasteiger partial charge in [0, 0.05) is 42.9 Å². The van der Waals surface area contributed by atoms with Gasteiger partial charge in [-0.2, -0.15) is 4.58 Å². The standard InChI is InChI=1S/C33H43BN2O4/c1-6-9-18-35(19-10-7-2)25-15-12-23(13-16-25)30-31(37)26(32(30)38)22-29-33(4,5)27-21-24(34(39)40)14-17-28(27)36(29)20-11-8-3/h12-17,21-22,39-40H,6-11,18-20H2,1-5H3/p+1. The van der Waals surface area contributed by atoms with Gasteiger partial charge >= 0.3 is 7.12 Å². The van der Waals surface area contributed by atoms with Crippen LogP contribution in [0.1, 0.15) is 84.3 Å². The lowest BCUT2D eigenvalue weighted by Gasteiger charge is -2.26. The Hall–Kier alpha value is -3.16. The number of ketones is 1. The molecule has 0 aromatic heterocycles. The van der Waals surface area contributed by atoms with Crippen LogP contribution < -0.4 is 10.4 Å². The zero-order valence-electron chi connectivity index (χ0n) is 24.7. The first-order valence-corrected chi connectivity index (χ1v) is 14.9. The highest BCUT2D eigenvalue weighted by Crippen LogP contribution is 2.42. The lowest BCUT2D eigenvalue weighted by Crippen LogP contribution is -2.33. The Balaban J connectivity index is 1.67. The molecule has 3 N–H and O–H groups in total. The van der Waals surface area contributed by atoms with Crippen LogP contribution in [0.4, 0.5) is 11.4 Å². The van der Waals surface area contributed by atoms with Gasteiger partial charge in [-0.25, -0.2) is 0 Å². The van der Waals surface area contributed by atoms with E-state index in [0.29, 0.717) is 16.6 Å². The summed E-state index contributed by atoms with van der Waals surface area (Å²) in [5, 5.41) is 30.6. The SMILES string of the molecule is CCCCN(CCCC)c1ccc(C2=C(O)C(=CC3=[N+](CCCC)c4ccc(B(O)O)cc4C3(C)C)C2=O)cc1. The number of benzene rings is 2. The summed E-state index contributed by atoms with van der Waals surface area (Å²) in [5.74, 6) is -0.118. The summed E-state index contributed by atoms with van der Waals surface area (Å²) in [6, 6.07) is 13.5. The summed E-state index contributed by atoms with van der Waals surface area (Å²) < 4.78 is 2.20. The molecule has 0 saturated carbocycles. The van der Waals surface area contributed by atoms with Gasteiger partial charge in [0.1, 0.15) is 12.3 Å². The summed E-state index contributed by atoms with van der Waals surface area (Å²) in [6.45, 7) is 13.5. The molecule has 0 bridgehead atoms. The van der Waals surface area contributed by atoms with Crippen molar-refractivity contribution in [3.05, 3.63) is 71.0 Å². The number of carbonyl (C=O) groups excluding carboxylic acids is 1. The van der Waals surface area contributed by atoms with Crippen molar-refractivity contribution in [2.45, 2.75) is 78.6 Å². The lowest BCUT2D eigenvalue weighted by atomic mass is 9.74. The van der Waals surface area contributed by atoms with E-state index in [-0.39, 0.29) is 11.5 Å². The first-order valence-electron chi connectivity index (χ1n) is 14.9. The van der Waals surface area contributed by atoms with Gasteiger partial charge in [-0.15, -0.1) is 0 Å². The van der Waals surface area contributed by atoms with Crippen molar-refractivity contribution in [2.75, 3.05) is 24.5 Å². The molecule has 7 heteroatoms. The van der Waals surface area contributed by atoms with E-state index in [1.54, 1.807) is 6.07 Å². The number of hydrogen-bond donors (Lipinski definition) is 3. The summed E-state index contributed by atoms with van der Waals surface area (Å²) in [4.78, 5) is 15.8. The van der Waals surface area contributed by atoms with Crippen LogP contribution >= 0.6 is 0 Å². The van der Waals surface area contributed by atoms with Gasteiger partial charge < -0.3 is 20.1 Å². The number of hydrogen-bond acceptors (Lipinski definition) is 5. The normalized spacial score (nSPS) is 17.0. The molecule has 6 nitrogen and oxygen atoms in total. The van der Waals surface area contributed by atoms with E-state index in [2.05, 4.69) is 56.2 Å². The van der Waals surface area contributed by atoms with E-state index >= 15 is 0 Å². The molecule has 0 fully saturated rings. The molecular weight excluding hydrogens is 499 g/mol. The Morgan fingerprint density at radius 3 is 2.10 bits per heavy atom. The van der Waals surface area contributed by atoms with Crippen LogP contribution in [-0.4, -0.2) is 58.0 Å². The second kappa shape index (κ2) is 12.6. The quantitative estimate of drug-likeness (QED) is 0.178. The second-order valence-corrected chi connectivity index (χ2v) is 11.5. The number of allylic oxidation sites excluding steroid dienone is 3. The molecule has 0 saturated heterocycles. The van der Waals surface area contributed by atoms with Gasteiger partial charge in [-0.05, 0) is 49.8 Å². The molecule has 0 atom stereocenters. The highest BCUT2D eigenvalue weighted by molar-refractivity contribution is 6.58. The van der Waals surface area contributed by atoms with Crippen molar-refractivity contribution in [3.8, 4) is 0 Å². The zero-order chi connectivity index (χ0) is 29.0. The maximum Gasteiger partial charge on any atom is 0.488 e. The fourth-order valence-electron chi connectivity index (χ4n) is 5.74. The van der Waals surface area contributed by atoms with Crippen LogP contribution in [0.15, 0.2) is 59.9 Å². The van der Waals surface area contributed by atoms with E-state index < -0.39 is 12.5 Å². The molecule has 212 valence electrons. The number of fused-ring (bicyclic) bond motifs is 1. The predicted octanol–water partition coefficient (Wildman–Crippen LogP) is 5.43. The molecule has 40 heavy (non-hydrogen) atoms. The van der Waals surface area contributed by atoms with Crippen molar-refractivity contribution in [1.82, 2.24) is 0 Å². The van der Waals surface area contributed by atoms with Gasteiger partial charge in [0.05, 0.1) is 16.6 Å². The molecule has 0 spiro atoms. The third kappa shape index (κ3) is 5.68. The molecule has 4 rings (SSSR count). The smallest absolute Gasteiger partial charge is 0.488 e. The predicted molar refractivity (Wildman–Crippen MR) is 165 cm³/mol. The Labute approximate surface area is 239 Å². The van der Waals surface area contributed by atoms with Crippen molar-refractivity contribution in [2.24, 2.45) is 0 Å². The molecule has 2 aromatic rings. The van der Waals surface area contributed by atoms with Gasteiger partial charge in [-0.1, -0.05) is 64.3 Å². The summed E-state index contributed by atoms with van der Waals surface area (Å²) in [7, 11) is -1.55. The third-order valence-electron chi connectivity index (χ3n) is 8.28. The number of Topliss-reactive ketones (excluding diaryl/α,β-unsaturated/α-hetero) is 1. The number of aliphatic hydroxyl groups excluding tert-OH is 1. The molecule has 2 aliphatic rings. The van der Waals surface area contributed by atoms with E-state index in [0.717, 1.165) is 86.4 Å². The van der Waals surface area contributed by atoms with Crippen molar-refractivity contribution >= 4 is 41.0 Å². The van der Waals surface area contributed by atoms with E-state index in [1.165, 1.54) is 0 Å². The second-order valence-electron chi connectivity index (χ2n) is 11.5. The minimum atomic E-state index is -1.55. The Bertz CT molecular complexity index is 1330. The highest BCUT2D eigenvalue weighted by Gasteiger charge is 2.47. The van der Waals surface area contributed by atoms with E-state index in [9.17, 15) is 19.9 Å². The van der Waals surface area contributed by atoms with Crippen molar-refractivity contribution < 1.29 is 24.5 Å². The Morgan fingerprint density at radius 1 is 0.925 bits per heavy atom.